The molecule has 2 aromatic rings. The Morgan fingerprint density at radius 1 is 1.06 bits per heavy atom. The first kappa shape index (κ1) is 11.2. The molecule has 0 spiro atoms. The molecule has 0 unspecified atom stereocenters. The minimum atomic E-state index is 0.132. The lowest BCUT2D eigenvalue weighted by Crippen LogP contribution is -1.90. The predicted octanol–water partition coefficient (Wildman–Crippen LogP) is 3.12. The maximum absolute atomic E-state index is 9.79. The molecule has 2 aromatic carbocycles. The molecule has 0 atom stereocenters. The van der Waals surface area contributed by atoms with Crippen molar-refractivity contribution >= 4 is 22.4 Å². The summed E-state index contributed by atoms with van der Waals surface area (Å²) in [5.74, 6) is 0.281. The Labute approximate surface area is 99.1 Å². The fraction of sp³-hybridized carbons (Fsp3) is 0.231. The molecule has 0 aliphatic carbocycles. The third-order valence-electron chi connectivity index (χ3n) is 2.60. The van der Waals surface area contributed by atoms with Gasteiger partial charge in [0.25, 0.3) is 0 Å². The molecule has 0 aromatic heterocycles. The molecule has 2 nitrogen and oxygen atoms in total. The van der Waals surface area contributed by atoms with E-state index in [1.165, 1.54) is 0 Å². The quantitative estimate of drug-likeness (QED) is 0.860. The molecule has 84 valence electrons. The van der Waals surface area contributed by atoms with E-state index in [0.717, 1.165) is 16.3 Å². The van der Waals surface area contributed by atoms with Crippen molar-refractivity contribution in [1.82, 2.24) is 0 Å². The van der Waals surface area contributed by atoms with Gasteiger partial charge in [0.2, 0.25) is 0 Å². The lowest BCUT2D eigenvalue weighted by molar-refractivity contribution is 0.288. The van der Waals surface area contributed by atoms with Gasteiger partial charge in [-0.05, 0) is 53.4 Å². The first-order valence-corrected chi connectivity index (χ1v) is 5.60. The van der Waals surface area contributed by atoms with Crippen molar-refractivity contribution in [3.8, 4) is 5.75 Å². The largest absolute Gasteiger partial charge is 0.508 e. The maximum atomic E-state index is 9.79. The van der Waals surface area contributed by atoms with Crippen LogP contribution in [0.15, 0.2) is 30.3 Å². The zero-order valence-electron chi connectivity index (χ0n) is 8.78. The van der Waals surface area contributed by atoms with Crippen LogP contribution in [-0.2, 0) is 6.42 Å². The van der Waals surface area contributed by atoms with Crippen molar-refractivity contribution in [2.45, 2.75) is 12.8 Å². The topological polar surface area (TPSA) is 40.5 Å². The third kappa shape index (κ3) is 2.29. The summed E-state index contributed by atoms with van der Waals surface area (Å²) in [6.45, 7) is 0.132. The average Bonchev–Trinajstić information content (AvgIpc) is 2.27. The molecular formula is C13H13ClO2. The van der Waals surface area contributed by atoms with Crippen LogP contribution in [0.1, 0.15) is 12.0 Å². The van der Waals surface area contributed by atoms with Gasteiger partial charge in [-0.3, -0.25) is 0 Å². The Kier molecular flexibility index (Phi) is 3.32. The van der Waals surface area contributed by atoms with E-state index in [4.69, 9.17) is 16.7 Å². The maximum Gasteiger partial charge on any atom is 0.119 e. The zero-order chi connectivity index (χ0) is 11.5. The molecule has 3 heteroatoms. The molecule has 0 amide bonds. The highest BCUT2D eigenvalue weighted by atomic mass is 35.5. The van der Waals surface area contributed by atoms with E-state index in [-0.39, 0.29) is 12.4 Å². The van der Waals surface area contributed by atoms with E-state index in [2.05, 4.69) is 0 Å². The van der Waals surface area contributed by atoms with Gasteiger partial charge in [0.05, 0.1) is 0 Å². The minimum Gasteiger partial charge on any atom is -0.508 e. The number of aromatic hydroxyl groups is 1. The Morgan fingerprint density at radius 3 is 2.62 bits per heavy atom. The van der Waals surface area contributed by atoms with Crippen LogP contribution in [0.2, 0.25) is 5.02 Å². The molecular weight excluding hydrogens is 224 g/mol. The SMILES string of the molecule is OCCCc1cc2cc(Cl)ccc2cc1O. The number of aliphatic hydroxyl groups excluding tert-OH is 1. The van der Waals surface area contributed by atoms with Gasteiger partial charge < -0.3 is 10.2 Å². The average molecular weight is 237 g/mol. The summed E-state index contributed by atoms with van der Waals surface area (Å²) in [6.07, 6.45) is 1.32. The fourth-order valence-corrected chi connectivity index (χ4v) is 1.95. The van der Waals surface area contributed by atoms with E-state index in [1.54, 1.807) is 12.1 Å². The van der Waals surface area contributed by atoms with Gasteiger partial charge in [0.1, 0.15) is 5.75 Å². The van der Waals surface area contributed by atoms with Crippen LogP contribution in [0.4, 0.5) is 0 Å². The summed E-state index contributed by atoms with van der Waals surface area (Å²) in [6, 6.07) is 9.22. The van der Waals surface area contributed by atoms with Crippen molar-refractivity contribution in [3.05, 3.63) is 40.9 Å². The highest BCUT2D eigenvalue weighted by Crippen LogP contribution is 2.27. The second-order valence-electron chi connectivity index (χ2n) is 3.80. The lowest BCUT2D eigenvalue weighted by atomic mass is 10.0. The van der Waals surface area contributed by atoms with Crippen molar-refractivity contribution in [3.63, 3.8) is 0 Å². The van der Waals surface area contributed by atoms with E-state index in [9.17, 15) is 5.11 Å². The molecule has 2 rings (SSSR count). The lowest BCUT2D eigenvalue weighted by Gasteiger charge is -2.06. The Morgan fingerprint density at radius 2 is 1.88 bits per heavy atom. The third-order valence-corrected chi connectivity index (χ3v) is 2.84. The van der Waals surface area contributed by atoms with Gasteiger partial charge in [-0.15, -0.1) is 0 Å². The summed E-state index contributed by atoms with van der Waals surface area (Å²) in [7, 11) is 0. The number of fused-ring (bicyclic) bond motifs is 1. The number of hydrogen-bond donors (Lipinski definition) is 2. The molecule has 0 bridgehead atoms. The summed E-state index contributed by atoms with van der Waals surface area (Å²) in [5.41, 5.74) is 0.851. The van der Waals surface area contributed by atoms with Gasteiger partial charge >= 0.3 is 0 Å². The number of hydrogen-bond acceptors (Lipinski definition) is 2. The molecule has 2 N–H and O–H groups in total. The highest BCUT2D eigenvalue weighted by molar-refractivity contribution is 6.31. The van der Waals surface area contributed by atoms with E-state index < -0.39 is 0 Å². The number of aliphatic hydroxyl groups is 1. The summed E-state index contributed by atoms with van der Waals surface area (Å²) < 4.78 is 0. The van der Waals surface area contributed by atoms with Crippen molar-refractivity contribution in [2.75, 3.05) is 6.61 Å². The molecule has 0 saturated heterocycles. The standard InChI is InChI=1S/C13H13ClO2/c14-12-4-3-9-8-13(16)10(2-1-5-15)6-11(9)7-12/h3-4,6-8,15-16H,1-2,5H2. The van der Waals surface area contributed by atoms with Crippen LogP contribution >= 0.6 is 11.6 Å². The highest BCUT2D eigenvalue weighted by Gasteiger charge is 2.04. The molecule has 16 heavy (non-hydrogen) atoms. The molecule has 0 aliphatic rings. The van der Waals surface area contributed by atoms with Crippen LogP contribution in [0, 0.1) is 0 Å². The predicted molar refractivity (Wildman–Crippen MR) is 66.0 cm³/mol. The van der Waals surface area contributed by atoms with Gasteiger partial charge in [0.15, 0.2) is 0 Å². The molecule has 0 fully saturated rings. The monoisotopic (exact) mass is 236 g/mol. The zero-order valence-corrected chi connectivity index (χ0v) is 9.54. The first-order valence-electron chi connectivity index (χ1n) is 5.23. The van der Waals surface area contributed by atoms with E-state index in [1.807, 2.05) is 18.2 Å². The Balaban J connectivity index is 2.46. The summed E-state index contributed by atoms with van der Waals surface area (Å²) >= 11 is 5.91. The number of phenols is 1. The number of phenolic OH excluding ortho intramolecular Hbond substituents is 1. The normalized spacial score (nSPS) is 10.9. The van der Waals surface area contributed by atoms with Crippen molar-refractivity contribution in [2.24, 2.45) is 0 Å². The van der Waals surface area contributed by atoms with Crippen LogP contribution < -0.4 is 0 Å². The van der Waals surface area contributed by atoms with Crippen molar-refractivity contribution < 1.29 is 10.2 Å². The van der Waals surface area contributed by atoms with Crippen LogP contribution in [-0.4, -0.2) is 16.8 Å². The fourth-order valence-electron chi connectivity index (χ4n) is 1.77. The Hall–Kier alpha value is -1.25. The van der Waals surface area contributed by atoms with E-state index >= 15 is 0 Å². The number of aryl methyl sites for hydroxylation is 1. The second-order valence-corrected chi connectivity index (χ2v) is 4.24. The first-order chi connectivity index (χ1) is 7.70. The molecule has 0 radical (unpaired) electrons. The minimum absolute atomic E-state index is 0.132. The Bertz CT molecular complexity index is 509. The van der Waals surface area contributed by atoms with Gasteiger partial charge in [0, 0.05) is 11.6 Å². The molecule has 0 saturated carbocycles. The van der Waals surface area contributed by atoms with Crippen LogP contribution in [0.5, 0.6) is 5.75 Å². The summed E-state index contributed by atoms with van der Waals surface area (Å²) in [4.78, 5) is 0. The van der Waals surface area contributed by atoms with Gasteiger partial charge in [-0.1, -0.05) is 17.7 Å². The van der Waals surface area contributed by atoms with Crippen LogP contribution in [0.25, 0.3) is 10.8 Å². The van der Waals surface area contributed by atoms with E-state index in [0.29, 0.717) is 17.9 Å². The van der Waals surface area contributed by atoms with Gasteiger partial charge in [-0.2, -0.15) is 0 Å². The molecule has 0 aliphatic heterocycles. The number of rotatable bonds is 3. The number of halogens is 1. The molecule has 0 heterocycles. The summed E-state index contributed by atoms with van der Waals surface area (Å²) in [5, 5.41) is 21.2. The van der Waals surface area contributed by atoms with Gasteiger partial charge in [-0.25, -0.2) is 0 Å². The number of benzene rings is 2. The van der Waals surface area contributed by atoms with Crippen molar-refractivity contribution in [1.29, 1.82) is 0 Å². The van der Waals surface area contributed by atoms with Crippen LogP contribution in [0.3, 0.4) is 0 Å². The smallest absolute Gasteiger partial charge is 0.119 e. The second kappa shape index (κ2) is 4.73.